The maximum absolute atomic E-state index is 15.1. The van der Waals surface area contributed by atoms with Crippen molar-refractivity contribution in [3.05, 3.63) is 70.3 Å². The van der Waals surface area contributed by atoms with Crippen molar-refractivity contribution in [3.8, 4) is 5.75 Å². The lowest BCUT2D eigenvalue weighted by molar-refractivity contribution is -0.141. The first kappa shape index (κ1) is 34.7. The van der Waals surface area contributed by atoms with E-state index in [0.717, 1.165) is 23.1 Å². The average Bonchev–Trinajstić information content (AvgIpc) is 3.38. The van der Waals surface area contributed by atoms with Crippen LogP contribution < -0.4 is 4.90 Å². The van der Waals surface area contributed by atoms with Gasteiger partial charge in [-0.05, 0) is 37.7 Å². The summed E-state index contributed by atoms with van der Waals surface area (Å²) in [6, 6.07) is 3.06. The number of carboxylic acid groups (broad SMARTS) is 1. The van der Waals surface area contributed by atoms with Crippen LogP contribution in [-0.2, 0) is 24.0 Å². The van der Waals surface area contributed by atoms with E-state index in [1.165, 1.54) is 6.08 Å². The lowest BCUT2D eigenvalue weighted by atomic mass is 9.56. The fourth-order valence-corrected chi connectivity index (χ4v) is 8.61. The van der Waals surface area contributed by atoms with Gasteiger partial charge in [-0.3, -0.25) is 28.9 Å². The number of para-hydroxylation sites is 1. The summed E-state index contributed by atoms with van der Waals surface area (Å²) < 4.78 is 87.6. The molecule has 9 nitrogen and oxygen atoms in total. The third kappa shape index (κ3) is 4.78. The maximum atomic E-state index is 15.1. The summed E-state index contributed by atoms with van der Waals surface area (Å²) in [4.78, 5) is 61.4. The molecule has 2 heterocycles. The quantitative estimate of drug-likeness (QED) is 0.0704. The van der Waals surface area contributed by atoms with Crippen LogP contribution in [0.1, 0.15) is 50.0 Å². The van der Waals surface area contributed by atoms with E-state index in [-0.39, 0.29) is 42.7 Å². The van der Waals surface area contributed by atoms with Crippen LogP contribution in [0.25, 0.3) is 0 Å². The number of alkyl halides is 2. The zero-order chi connectivity index (χ0) is 35.9. The number of carbonyl (C=O) groups is 5. The molecule has 49 heavy (non-hydrogen) atoms. The minimum Gasteiger partial charge on any atom is -0.505 e. The monoisotopic (exact) mass is 732 g/mol. The molecule has 6 unspecified atom stereocenters. The maximum Gasteiger partial charge on any atom is 0.303 e. The minimum absolute atomic E-state index is 0.0540. The van der Waals surface area contributed by atoms with Crippen LogP contribution >= 0.6 is 23.2 Å². The molecule has 0 spiro atoms. The number of anilines is 1. The lowest BCUT2D eigenvalue weighted by Crippen LogP contribution is -2.60. The number of halogens is 8. The summed E-state index contributed by atoms with van der Waals surface area (Å²) in [6.45, 7) is -0.0721. The lowest BCUT2D eigenvalue weighted by Gasteiger charge is -2.50. The van der Waals surface area contributed by atoms with Gasteiger partial charge in [0, 0.05) is 24.4 Å². The van der Waals surface area contributed by atoms with Crippen LogP contribution in [0.15, 0.2) is 29.8 Å². The second-order valence-electron chi connectivity index (χ2n) is 12.4. The Labute approximate surface area is 283 Å². The van der Waals surface area contributed by atoms with E-state index in [9.17, 15) is 46.6 Å². The molecule has 2 N–H and O–H groups in total. The highest BCUT2D eigenvalue weighted by Crippen LogP contribution is 2.66. The first-order chi connectivity index (χ1) is 23.0. The van der Waals surface area contributed by atoms with Crippen molar-refractivity contribution >= 4 is 58.5 Å². The molecule has 4 amide bonds. The van der Waals surface area contributed by atoms with Crippen molar-refractivity contribution in [2.75, 3.05) is 11.4 Å². The number of unbranched alkanes of at least 4 members (excludes halogenated alkanes) is 2. The Hall–Kier alpha value is -4.11. The summed E-state index contributed by atoms with van der Waals surface area (Å²) in [5, 5.41) is 19.7. The largest absolute Gasteiger partial charge is 0.505 e. The van der Waals surface area contributed by atoms with Gasteiger partial charge in [-0.1, -0.05) is 30.2 Å². The van der Waals surface area contributed by atoms with Gasteiger partial charge < -0.3 is 10.2 Å². The topological polar surface area (TPSA) is 132 Å². The highest BCUT2D eigenvalue weighted by Gasteiger charge is 2.77. The van der Waals surface area contributed by atoms with Crippen molar-refractivity contribution in [1.29, 1.82) is 0 Å². The number of phenolic OH excluding ortho intramolecular Hbond substituents is 1. The van der Waals surface area contributed by atoms with Gasteiger partial charge in [0.25, 0.3) is 11.8 Å². The predicted molar refractivity (Wildman–Crippen MR) is 157 cm³/mol. The molecule has 0 radical (unpaired) electrons. The van der Waals surface area contributed by atoms with Gasteiger partial charge in [0.2, 0.25) is 17.6 Å². The summed E-state index contributed by atoms with van der Waals surface area (Å²) in [6.07, 6.45) is 1.34. The normalized spacial score (nSPS) is 29.3. The number of carboxylic acids is 1. The van der Waals surface area contributed by atoms with Crippen LogP contribution in [0, 0.1) is 52.7 Å². The fraction of sp³-hybridized carbons (Fsp3) is 0.406. The van der Waals surface area contributed by atoms with Crippen molar-refractivity contribution in [2.24, 2.45) is 17.8 Å². The number of phenols is 1. The second kappa shape index (κ2) is 12.0. The average molecular weight is 733 g/mol. The highest BCUT2D eigenvalue weighted by atomic mass is 35.5. The molecular formula is C32H24Cl2F6N2O7. The van der Waals surface area contributed by atoms with E-state index < -0.39 is 121 Å². The van der Waals surface area contributed by atoms with Gasteiger partial charge in [0.15, 0.2) is 44.6 Å². The molecule has 1 saturated carbocycles. The minimum atomic E-state index is -2.90. The third-order valence-corrected chi connectivity index (χ3v) is 11.3. The molecule has 2 saturated heterocycles. The first-order valence-electron chi connectivity index (χ1n) is 15.0. The van der Waals surface area contributed by atoms with Gasteiger partial charge in [-0.25, -0.2) is 31.2 Å². The SMILES string of the molecule is O=C(O)CCCCCN1C(=O)C2CC=C3C(CC4(Cl)C(=O)N(c5c(F)c(F)c(F)c(F)c5F)C(=O)C4(Cl)C3c3cccc(F)c3O)C2C1=O. The summed E-state index contributed by atoms with van der Waals surface area (Å²) in [5.41, 5.74) is -2.35. The molecule has 6 rings (SSSR count). The number of allylic oxidation sites excluding steroid dienone is 2. The number of imide groups is 2. The van der Waals surface area contributed by atoms with E-state index in [1.807, 2.05) is 0 Å². The van der Waals surface area contributed by atoms with Gasteiger partial charge in [-0.2, -0.15) is 0 Å². The molecular weight excluding hydrogens is 709 g/mol. The fourth-order valence-electron chi connectivity index (χ4n) is 7.69. The highest BCUT2D eigenvalue weighted by molar-refractivity contribution is 6.58. The summed E-state index contributed by atoms with van der Waals surface area (Å²) >= 11 is 13.9. The molecule has 3 fully saturated rings. The Morgan fingerprint density at radius 3 is 2.12 bits per heavy atom. The Morgan fingerprint density at radius 2 is 1.49 bits per heavy atom. The number of fused-ring (bicyclic) bond motifs is 4. The molecule has 0 bridgehead atoms. The Balaban J connectivity index is 1.48. The number of likely N-dealkylation sites (tertiary alicyclic amines) is 1. The molecule has 2 aromatic carbocycles. The molecule has 6 atom stereocenters. The smallest absolute Gasteiger partial charge is 0.303 e. The molecule has 17 heteroatoms. The van der Waals surface area contributed by atoms with Gasteiger partial charge in [0.1, 0.15) is 5.69 Å². The Bertz CT molecular complexity index is 1860. The molecule has 0 aromatic heterocycles. The number of hydrogen-bond donors (Lipinski definition) is 2. The summed E-state index contributed by atoms with van der Waals surface area (Å²) in [5.74, 6) is -26.0. The van der Waals surface area contributed by atoms with Crippen LogP contribution in [0.2, 0.25) is 0 Å². The molecule has 260 valence electrons. The van der Waals surface area contributed by atoms with E-state index in [4.69, 9.17) is 28.3 Å². The number of aromatic hydroxyl groups is 1. The number of aliphatic carboxylic acids is 1. The van der Waals surface area contributed by atoms with Crippen molar-refractivity contribution < 1.29 is 60.5 Å². The van der Waals surface area contributed by atoms with Gasteiger partial charge >= 0.3 is 5.97 Å². The summed E-state index contributed by atoms with van der Waals surface area (Å²) in [7, 11) is 0. The molecule has 2 aliphatic carbocycles. The third-order valence-electron chi connectivity index (χ3n) is 9.91. The predicted octanol–water partition coefficient (Wildman–Crippen LogP) is 5.44. The van der Waals surface area contributed by atoms with Gasteiger partial charge in [-0.15, -0.1) is 23.2 Å². The van der Waals surface area contributed by atoms with E-state index in [1.54, 1.807) is 0 Å². The Morgan fingerprint density at radius 1 is 0.857 bits per heavy atom. The number of carbonyl (C=O) groups excluding carboxylic acids is 4. The number of rotatable bonds is 8. The van der Waals surface area contributed by atoms with E-state index in [0.29, 0.717) is 6.42 Å². The zero-order valence-corrected chi connectivity index (χ0v) is 26.4. The van der Waals surface area contributed by atoms with Crippen LogP contribution in [0.5, 0.6) is 5.75 Å². The molecule has 2 aromatic rings. The van der Waals surface area contributed by atoms with E-state index >= 15 is 8.78 Å². The number of benzene rings is 2. The Kier molecular flexibility index (Phi) is 8.54. The van der Waals surface area contributed by atoms with Crippen molar-refractivity contribution in [3.63, 3.8) is 0 Å². The second-order valence-corrected chi connectivity index (χ2v) is 13.6. The first-order valence-corrected chi connectivity index (χ1v) is 15.8. The standard InChI is InChI=1S/C32H24Cl2F6N2O7/c33-31-11-15-12(8-9-13-18(15)28(47)41(27(13)46)10-3-1-2-7-17(43)44)19(14-5-4-6-16(35)26(14)45)32(31,34)30(49)42(29(31)48)25-23(39)21(37)20(36)22(38)24(25)40/h4-6,8,13,15,18-19,45H,1-3,7,9-11H2,(H,43,44). The number of nitrogens with zero attached hydrogens (tertiary/aromatic N) is 2. The molecule has 2 aliphatic heterocycles. The van der Waals surface area contributed by atoms with Crippen LogP contribution in [0.3, 0.4) is 0 Å². The zero-order valence-electron chi connectivity index (χ0n) is 24.9. The van der Waals surface area contributed by atoms with E-state index in [2.05, 4.69) is 0 Å². The number of amides is 4. The van der Waals surface area contributed by atoms with Gasteiger partial charge in [0.05, 0.1) is 11.8 Å². The number of hydrogen-bond acceptors (Lipinski definition) is 6. The van der Waals surface area contributed by atoms with Crippen molar-refractivity contribution in [1.82, 2.24) is 4.90 Å². The molecule has 4 aliphatic rings. The van der Waals surface area contributed by atoms with Crippen LogP contribution in [0.4, 0.5) is 32.0 Å². The van der Waals surface area contributed by atoms with Crippen LogP contribution in [-0.4, -0.2) is 61.0 Å². The van der Waals surface area contributed by atoms with Crippen molar-refractivity contribution in [2.45, 2.75) is 54.2 Å².